The van der Waals surface area contributed by atoms with Gasteiger partial charge in [-0.1, -0.05) is 55.6 Å². The lowest BCUT2D eigenvalue weighted by atomic mass is 9.78. The summed E-state index contributed by atoms with van der Waals surface area (Å²) in [5.74, 6) is -1.79. The quantitative estimate of drug-likeness (QED) is 0.0764. The lowest BCUT2D eigenvalue weighted by Gasteiger charge is -2.39. The van der Waals surface area contributed by atoms with E-state index in [1.165, 1.54) is 0 Å². The molecule has 2 aromatic carbocycles. The topological polar surface area (TPSA) is 213 Å². The van der Waals surface area contributed by atoms with Crippen LogP contribution in [0.5, 0.6) is 5.75 Å². The molecule has 1 aliphatic carbocycles. The number of carbonyl (C=O) groups is 4. The summed E-state index contributed by atoms with van der Waals surface area (Å²) in [5, 5.41) is 19.2. The molecule has 4 atom stereocenters. The third-order valence-corrected chi connectivity index (χ3v) is 10.1. The second kappa shape index (κ2) is 21.3. The molecule has 1 aromatic heterocycles. The van der Waals surface area contributed by atoms with Crippen LogP contribution < -0.4 is 26.4 Å². The second-order valence-corrected chi connectivity index (χ2v) is 14.3. The number of carbonyl (C=O) groups excluding carboxylic acids is 3. The number of hydrogen-bond acceptors (Lipinski definition) is 9. The molecule has 0 saturated carbocycles. The van der Waals surface area contributed by atoms with Crippen LogP contribution in [0.1, 0.15) is 43.5 Å². The lowest BCUT2D eigenvalue weighted by molar-refractivity contribution is -0.137. The largest absolute Gasteiger partial charge is 0.491 e. The highest BCUT2D eigenvalue weighted by atomic mass is 35.5. The van der Waals surface area contributed by atoms with Crippen molar-refractivity contribution in [1.29, 1.82) is 0 Å². The predicted octanol–water partition coefficient (Wildman–Crippen LogP) is 3.79. The molecule has 0 bridgehead atoms. The minimum Gasteiger partial charge on any atom is -0.491 e. The number of ether oxygens (including phenoxy) is 5. The normalized spacial score (nSPS) is 16.8. The number of amides is 4. The van der Waals surface area contributed by atoms with E-state index in [-0.39, 0.29) is 25.2 Å². The lowest BCUT2D eigenvalue weighted by Crippen LogP contribution is -2.66. The Morgan fingerprint density at radius 1 is 0.945 bits per heavy atom. The van der Waals surface area contributed by atoms with E-state index in [4.69, 9.17) is 52.6 Å². The molecule has 4 rings (SSSR count). The Labute approximate surface area is 330 Å². The number of hydrogen-bond donors (Lipinski definition) is 6. The Morgan fingerprint density at radius 2 is 1.58 bits per heavy atom. The first kappa shape index (κ1) is 43.6. The highest BCUT2D eigenvalue weighted by molar-refractivity contribution is 6.38. The fourth-order valence-electron chi connectivity index (χ4n) is 6.38. The molecule has 17 heteroatoms. The van der Waals surface area contributed by atoms with E-state index in [1.807, 2.05) is 6.92 Å². The van der Waals surface area contributed by atoms with Crippen molar-refractivity contribution < 1.29 is 48.0 Å². The van der Waals surface area contributed by atoms with Crippen molar-refractivity contribution in [3.05, 3.63) is 63.3 Å². The summed E-state index contributed by atoms with van der Waals surface area (Å²) in [4.78, 5) is 56.1. The van der Waals surface area contributed by atoms with Crippen LogP contribution in [0.25, 0.3) is 10.9 Å². The molecular formula is C38H51Cl2N5O10. The molecule has 3 aromatic rings. The van der Waals surface area contributed by atoms with Crippen LogP contribution in [0, 0.1) is 5.92 Å². The van der Waals surface area contributed by atoms with E-state index in [0.29, 0.717) is 98.0 Å². The number of primary amides is 1. The summed E-state index contributed by atoms with van der Waals surface area (Å²) in [5.41, 5.74) is 6.93. The SMILES string of the molecule is CC[C@H](C)C(NC(=O)[C@@]1(NC(=O)[C@H](Cc2ccc(OCCOCCOCCOCCOC)cc2)NC(=O)O)CCc2[nH]c3c(Cl)cc(Cl)cc3c2C1)C(N)=O. The molecule has 0 saturated heterocycles. The van der Waals surface area contributed by atoms with E-state index in [0.717, 1.165) is 11.3 Å². The van der Waals surface area contributed by atoms with Gasteiger partial charge in [0, 0.05) is 36.1 Å². The molecule has 7 N–H and O–H groups in total. The highest BCUT2D eigenvalue weighted by Gasteiger charge is 2.46. The van der Waals surface area contributed by atoms with Crippen molar-refractivity contribution in [3.8, 4) is 5.75 Å². The Hall–Kier alpha value is -4.12. The second-order valence-electron chi connectivity index (χ2n) is 13.4. The van der Waals surface area contributed by atoms with Crippen molar-refractivity contribution in [2.24, 2.45) is 11.7 Å². The number of nitrogens with one attached hydrogen (secondary N) is 4. The van der Waals surface area contributed by atoms with Gasteiger partial charge in [0.1, 0.15) is 30.0 Å². The Morgan fingerprint density at radius 3 is 2.18 bits per heavy atom. The molecule has 1 heterocycles. The fraction of sp³-hybridized carbons (Fsp3) is 0.526. The Bertz CT molecular complexity index is 1760. The number of methoxy groups -OCH3 is 1. The maximum Gasteiger partial charge on any atom is 0.405 e. The van der Waals surface area contributed by atoms with Gasteiger partial charge in [0.2, 0.25) is 17.7 Å². The Balaban J connectivity index is 1.43. The molecule has 0 fully saturated rings. The van der Waals surface area contributed by atoms with Gasteiger partial charge < -0.3 is 55.5 Å². The van der Waals surface area contributed by atoms with Crippen molar-refractivity contribution in [1.82, 2.24) is 20.9 Å². The summed E-state index contributed by atoms with van der Waals surface area (Å²) < 4.78 is 27.0. The first-order valence-electron chi connectivity index (χ1n) is 18.2. The zero-order valence-electron chi connectivity index (χ0n) is 31.3. The van der Waals surface area contributed by atoms with Crippen LogP contribution >= 0.6 is 23.2 Å². The number of nitrogens with two attached hydrogens (primary N) is 1. The average Bonchev–Trinajstić information content (AvgIpc) is 3.51. The van der Waals surface area contributed by atoms with Crippen molar-refractivity contribution in [2.45, 2.75) is 63.6 Å². The molecule has 55 heavy (non-hydrogen) atoms. The highest BCUT2D eigenvalue weighted by Crippen LogP contribution is 2.38. The van der Waals surface area contributed by atoms with Crippen LogP contribution in [-0.4, -0.2) is 111 Å². The molecular weight excluding hydrogens is 757 g/mol. The van der Waals surface area contributed by atoms with Crippen LogP contribution in [0.15, 0.2) is 36.4 Å². The minimum absolute atomic E-state index is 0.00933. The Kier molecular flexibility index (Phi) is 16.9. The first-order chi connectivity index (χ1) is 26.4. The van der Waals surface area contributed by atoms with E-state index in [1.54, 1.807) is 50.4 Å². The molecule has 1 unspecified atom stereocenters. The molecule has 15 nitrogen and oxygen atoms in total. The number of aromatic nitrogens is 1. The van der Waals surface area contributed by atoms with E-state index >= 15 is 0 Å². The van der Waals surface area contributed by atoms with Gasteiger partial charge >= 0.3 is 6.09 Å². The third-order valence-electron chi connectivity index (χ3n) is 9.55. The monoisotopic (exact) mass is 807 g/mol. The number of H-pyrrole nitrogens is 1. The van der Waals surface area contributed by atoms with Crippen LogP contribution in [0.3, 0.4) is 0 Å². The molecule has 0 spiro atoms. The van der Waals surface area contributed by atoms with Gasteiger partial charge in [-0.3, -0.25) is 14.4 Å². The summed E-state index contributed by atoms with van der Waals surface area (Å²) >= 11 is 12.9. The summed E-state index contributed by atoms with van der Waals surface area (Å²) in [6.07, 6.45) is -0.418. The van der Waals surface area contributed by atoms with E-state index in [9.17, 15) is 24.3 Å². The average molecular weight is 809 g/mol. The summed E-state index contributed by atoms with van der Waals surface area (Å²) in [6.45, 7) is 7.12. The summed E-state index contributed by atoms with van der Waals surface area (Å²) in [6, 6.07) is 7.92. The van der Waals surface area contributed by atoms with Gasteiger partial charge in [-0.2, -0.15) is 0 Å². The van der Waals surface area contributed by atoms with Gasteiger partial charge in [0.15, 0.2) is 0 Å². The maximum atomic E-state index is 14.3. The van der Waals surface area contributed by atoms with E-state index in [2.05, 4.69) is 20.9 Å². The number of aromatic amines is 1. The van der Waals surface area contributed by atoms with Gasteiger partial charge in [-0.15, -0.1) is 0 Å². The predicted molar refractivity (Wildman–Crippen MR) is 207 cm³/mol. The van der Waals surface area contributed by atoms with Crippen LogP contribution in [-0.2, 0) is 52.6 Å². The number of rotatable bonds is 23. The van der Waals surface area contributed by atoms with Gasteiger partial charge in [0.25, 0.3) is 0 Å². The van der Waals surface area contributed by atoms with E-state index < -0.39 is 41.4 Å². The first-order valence-corrected chi connectivity index (χ1v) is 19.0. The van der Waals surface area contributed by atoms with Gasteiger partial charge in [0.05, 0.1) is 56.8 Å². The van der Waals surface area contributed by atoms with Crippen LogP contribution in [0.4, 0.5) is 4.79 Å². The molecule has 0 aliphatic heterocycles. The number of benzene rings is 2. The molecule has 1 aliphatic rings. The number of aryl methyl sites for hydroxylation is 1. The number of carboxylic acid groups (broad SMARTS) is 1. The van der Waals surface area contributed by atoms with Gasteiger partial charge in [-0.25, -0.2) is 4.79 Å². The van der Waals surface area contributed by atoms with Crippen molar-refractivity contribution in [2.75, 3.05) is 60.0 Å². The summed E-state index contributed by atoms with van der Waals surface area (Å²) in [7, 11) is 1.61. The van der Waals surface area contributed by atoms with Crippen molar-refractivity contribution >= 4 is 57.9 Å². The molecule has 4 amide bonds. The zero-order valence-corrected chi connectivity index (χ0v) is 32.9. The maximum absolute atomic E-state index is 14.3. The molecule has 302 valence electrons. The zero-order chi connectivity index (χ0) is 40.0. The minimum atomic E-state index is -1.59. The van der Waals surface area contributed by atoms with Crippen LogP contribution in [0.2, 0.25) is 10.0 Å². The molecule has 0 radical (unpaired) electrons. The van der Waals surface area contributed by atoms with Crippen molar-refractivity contribution in [3.63, 3.8) is 0 Å². The smallest absolute Gasteiger partial charge is 0.405 e. The van der Waals surface area contributed by atoms with Gasteiger partial charge in [-0.05, 0) is 54.2 Å². The third kappa shape index (κ3) is 12.4. The standard InChI is InChI=1S/C38H51Cl2N5O10/c1-4-23(2)32(34(41)46)44-36(48)38(10-9-30-28(22-38)27-20-25(39)21-29(40)33(27)42-30)45-35(47)31(43-37(49)50)19-24-5-7-26(8-6-24)55-18-17-54-16-15-53-14-13-52-12-11-51-3/h5-8,20-21,23,31-32,42-43H,4,9-19,22H2,1-3H3,(H2,41,46)(H,44,48)(H,45,47)(H,49,50)/t23-,31-,32?,38+/m0/s1. The number of halogens is 2. The fourth-order valence-corrected chi connectivity index (χ4v) is 6.92. The number of fused-ring (bicyclic) bond motifs is 3.